The van der Waals surface area contributed by atoms with Crippen LogP contribution >= 0.6 is 0 Å². The molecular weight excluding hydrogens is 318 g/mol. The van der Waals surface area contributed by atoms with Crippen LogP contribution in [0.15, 0.2) is 17.0 Å². The van der Waals surface area contributed by atoms with Gasteiger partial charge in [0.1, 0.15) is 0 Å². The highest BCUT2D eigenvalue weighted by Gasteiger charge is 2.45. The van der Waals surface area contributed by atoms with Crippen LogP contribution in [0.5, 0.6) is 0 Å². The van der Waals surface area contributed by atoms with Crippen molar-refractivity contribution in [3.05, 3.63) is 33.4 Å². The van der Waals surface area contributed by atoms with Gasteiger partial charge in [-0.15, -0.1) is 0 Å². The van der Waals surface area contributed by atoms with Gasteiger partial charge in [-0.25, -0.2) is 8.42 Å². The number of hydrogen-bond acceptors (Lipinski definition) is 5. The summed E-state index contributed by atoms with van der Waals surface area (Å²) in [5.74, 6) is 0. The van der Waals surface area contributed by atoms with Crippen molar-refractivity contribution in [3.63, 3.8) is 0 Å². The summed E-state index contributed by atoms with van der Waals surface area (Å²) in [6.45, 7) is 4.91. The number of rotatable bonds is 3. The first kappa shape index (κ1) is 16.4. The minimum atomic E-state index is -3.88. The van der Waals surface area contributed by atoms with Crippen molar-refractivity contribution in [2.24, 2.45) is 0 Å². The van der Waals surface area contributed by atoms with Crippen molar-refractivity contribution >= 4 is 15.7 Å². The number of hydrogen-bond donors (Lipinski definition) is 1. The van der Waals surface area contributed by atoms with Crippen LogP contribution in [0.25, 0.3) is 0 Å². The summed E-state index contributed by atoms with van der Waals surface area (Å²) in [7, 11) is -3.88. The molecule has 23 heavy (non-hydrogen) atoms. The van der Waals surface area contributed by atoms with Crippen LogP contribution in [-0.4, -0.2) is 42.8 Å². The van der Waals surface area contributed by atoms with Crippen LogP contribution in [-0.2, 0) is 10.0 Å². The van der Waals surface area contributed by atoms with Crippen molar-refractivity contribution in [2.75, 3.05) is 13.1 Å². The Morgan fingerprint density at radius 1 is 1.17 bits per heavy atom. The Kier molecular flexibility index (Phi) is 4.16. The van der Waals surface area contributed by atoms with Gasteiger partial charge in [0.25, 0.3) is 5.69 Å². The van der Waals surface area contributed by atoms with E-state index >= 15 is 0 Å². The first-order valence-electron chi connectivity index (χ1n) is 7.82. The molecule has 2 fully saturated rings. The van der Waals surface area contributed by atoms with E-state index in [0.29, 0.717) is 6.54 Å². The first-order valence-corrected chi connectivity index (χ1v) is 9.26. The zero-order chi connectivity index (χ0) is 16.8. The van der Waals surface area contributed by atoms with Gasteiger partial charge in [0.05, 0.1) is 4.92 Å². The third-order valence-corrected chi connectivity index (χ3v) is 6.95. The van der Waals surface area contributed by atoms with Gasteiger partial charge >= 0.3 is 0 Å². The minimum Gasteiger partial charge on any atom is -0.315 e. The molecule has 1 aromatic carbocycles. The van der Waals surface area contributed by atoms with E-state index in [0.717, 1.165) is 36.9 Å². The van der Waals surface area contributed by atoms with Gasteiger partial charge in [0, 0.05) is 24.7 Å². The molecular formula is C15H21N3O4S. The molecule has 0 spiro atoms. The lowest BCUT2D eigenvalue weighted by Gasteiger charge is -2.27. The average Bonchev–Trinajstić information content (AvgIpc) is 2.75. The Balaban J connectivity index is 2.13. The predicted octanol–water partition coefficient (Wildman–Crippen LogP) is 1.73. The lowest BCUT2D eigenvalue weighted by atomic mass is 10.1. The topological polar surface area (TPSA) is 92.5 Å². The lowest BCUT2D eigenvalue weighted by Crippen LogP contribution is -2.42. The molecule has 3 rings (SSSR count). The molecule has 1 N–H and O–H groups in total. The molecule has 0 aliphatic carbocycles. The van der Waals surface area contributed by atoms with Crippen LogP contribution in [0, 0.1) is 24.0 Å². The molecule has 7 nitrogen and oxygen atoms in total. The maximum Gasteiger partial charge on any atom is 0.289 e. The van der Waals surface area contributed by atoms with Gasteiger partial charge in [0.2, 0.25) is 10.0 Å². The highest BCUT2D eigenvalue weighted by Crippen LogP contribution is 2.37. The van der Waals surface area contributed by atoms with Gasteiger partial charge in [-0.1, -0.05) is 0 Å². The molecule has 2 heterocycles. The fourth-order valence-electron chi connectivity index (χ4n) is 3.57. The van der Waals surface area contributed by atoms with Crippen LogP contribution in [0.3, 0.4) is 0 Å². The van der Waals surface area contributed by atoms with Crippen molar-refractivity contribution in [1.82, 2.24) is 9.62 Å². The van der Waals surface area contributed by atoms with Gasteiger partial charge < -0.3 is 5.32 Å². The molecule has 0 radical (unpaired) electrons. The van der Waals surface area contributed by atoms with Crippen LogP contribution in [0.1, 0.15) is 30.4 Å². The molecule has 2 atom stereocenters. The normalized spacial score (nSPS) is 25.3. The number of nitrogens with zero attached hydrogens (tertiary/aromatic N) is 2. The molecule has 0 aromatic heterocycles. The molecule has 2 saturated heterocycles. The second kappa shape index (κ2) is 5.85. The molecule has 2 unspecified atom stereocenters. The van der Waals surface area contributed by atoms with Crippen LogP contribution < -0.4 is 5.32 Å². The molecule has 2 bridgehead atoms. The highest BCUT2D eigenvalue weighted by atomic mass is 32.2. The van der Waals surface area contributed by atoms with E-state index < -0.39 is 14.9 Å². The second-order valence-electron chi connectivity index (χ2n) is 6.37. The van der Waals surface area contributed by atoms with Crippen molar-refractivity contribution in [3.8, 4) is 0 Å². The standard InChI is InChI=1S/C15H21N3O4S/c1-10-7-14(18(19)20)15(8-11(10)2)23(21,22)17-12-3-4-13(17)9-16-6-5-12/h7-8,12-13,16H,3-6,9H2,1-2H3. The van der Waals surface area contributed by atoms with E-state index in [2.05, 4.69) is 5.32 Å². The second-order valence-corrected chi connectivity index (χ2v) is 8.19. The smallest absolute Gasteiger partial charge is 0.289 e. The highest BCUT2D eigenvalue weighted by molar-refractivity contribution is 7.89. The van der Waals surface area contributed by atoms with E-state index in [-0.39, 0.29) is 22.7 Å². The van der Waals surface area contributed by atoms with E-state index in [1.807, 2.05) is 0 Å². The number of fused-ring (bicyclic) bond motifs is 2. The summed E-state index contributed by atoms with van der Waals surface area (Å²) in [6.07, 6.45) is 2.37. The Labute approximate surface area is 135 Å². The zero-order valence-corrected chi connectivity index (χ0v) is 14.1. The monoisotopic (exact) mass is 339 g/mol. The summed E-state index contributed by atoms with van der Waals surface area (Å²) < 4.78 is 27.9. The van der Waals surface area contributed by atoms with Gasteiger partial charge in [-0.3, -0.25) is 10.1 Å². The largest absolute Gasteiger partial charge is 0.315 e. The van der Waals surface area contributed by atoms with Gasteiger partial charge in [-0.05, 0) is 56.8 Å². The summed E-state index contributed by atoms with van der Waals surface area (Å²) in [5, 5.41) is 14.6. The molecule has 0 amide bonds. The Hall–Kier alpha value is -1.51. The van der Waals surface area contributed by atoms with Gasteiger partial charge in [-0.2, -0.15) is 4.31 Å². The summed E-state index contributed by atoms with van der Waals surface area (Å²) >= 11 is 0. The fourth-order valence-corrected chi connectivity index (χ4v) is 5.69. The fraction of sp³-hybridized carbons (Fsp3) is 0.600. The van der Waals surface area contributed by atoms with E-state index in [1.165, 1.54) is 16.4 Å². The molecule has 0 saturated carbocycles. The SMILES string of the molecule is Cc1cc([N+](=O)[O-])c(S(=O)(=O)N2C3CCNCC2CC3)cc1C. The third-order valence-electron chi connectivity index (χ3n) is 4.91. The van der Waals surface area contributed by atoms with E-state index in [1.54, 1.807) is 13.8 Å². The van der Waals surface area contributed by atoms with Crippen molar-refractivity contribution in [1.29, 1.82) is 0 Å². The number of aryl methyl sites for hydroxylation is 2. The summed E-state index contributed by atoms with van der Waals surface area (Å²) in [6, 6.07) is 2.62. The first-order chi connectivity index (χ1) is 10.8. The van der Waals surface area contributed by atoms with Crippen molar-refractivity contribution in [2.45, 2.75) is 50.1 Å². The summed E-state index contributed by atoms with van der Waals surface area (Å²) in [5.41, 5.74) is 1.13. The number of sulfonamides is 1. The van der Waals surface area contributed by atoms with Gasteiger partial charge in [0.15, 0.2) is 4.90 Å². The molecule has 126 valence electrons. The molecule has 8 heteroatoms. The maximum atomic E-state index is 13.2. The Morgan fingerprint density at radius 3 is 2.52 bits per heavy atom. The maximum absolute atomic E-state index is 13.2. The lowest BCUT2D eigenvalue weighted by molar-refractivity contribution is -0.387. The predicted molar refractivity (Wildman–Crippen MR) is 85.9 cm³/mol. The minimum absolute atomic E-state index is 0.0683. The van der Waals surface area contributed by atoms with Crippen LogP contribution in [0.2, 0.25) is 0 Å². The zero-order valence-electron chi connectivity index (χ0n) is 13.3. The summed E-state index contributed by atoms with van der Waals surface area (Å²) in [4.78, 5) is 10.6. The van der Waals surface area contributed by atoms with E-state index in [9.17, 15) is 18.5 Å². The van der Waals surface area contributed by atoms with Crippen LogP contribution in [0.4, 0.5) is 5.69 Å². The Bertz CT molecular complexity index is 733. The molecule has 2 aliphatic rings. The third kappa shape index (κ3) is 2.75. The number of nitro groups is 1. The number of nitrogens with one attached hydrogen (secondary N) is 1. The number of benzene rings is 1. The van der Waals surface area contributed by atoms with Crippen molar-refractivity contribution < 1.29 is 13.3 Å². The Morgan fingerprint density at radius 2 is 1.83 bits per heavy atom. The quantitative estimate of drug-likeness (QED) is 0.669. The van der Waals surface area contributed by atoms with E-state index in [4.69, 9.17) is 0 Å². The average molecular weight is 339 g/mol. The number of nitro benzene ring substituents is 1. The molecule has 2 aliphatic heterocycles. The molecule has 1 aromatic rings.